The van der Waals surface area contributed by atoms with Gasteiger partial charge in [-0.15, -0.1) is 0 Å². The SMILES string of the molecule is Cc1nn(C)c(C)c1-c1cc(C(=O)NCCCN2CCOCC2)c2ccccc2n1. The number of amides is 1. The van der Waals surface area contributed by atoms with E-state index in [1.807, 2.05) is 55.9 Å². The van der Waals surface area contributed by atoms with E-state index < -0.39 is 0 Å². The van der Waals surface area contributed by atoms with Gasteiger partial charge in [-0.2, -0.15) is 5.10 Å². The molecule has 30 heavy (non-hydrogen) atoms. The van der Waals surface area contributed by atoms with Gasteiger partial charge in [-0.1, -0.05) is 18.2 Å². The van der Waals surface area contributed by atoms with Gasteiger partial charge in [-0.05, 0) is 38.9 Å². The number of rotatable bonds is 6. The van der Waals surface area contributed by atoms with Crippen LogP contribution in [0.1, 0.15) is 28.2 Å². The third-order valence-electron chi connectivity index (χ3n) is 5.77. The molecule has 1 saturated heterocycles. The number of pyridine rings is 1. The van der Waals surface area contributed by atoms with E-state index in [9.17, 15) is 4.79 Å². The molecule has 0 radical (unpaired) electrons. The van der Waals surface area contributed by atoms with Gasteiger partial charge < -0.3 is 10.1 Å². The number of aryl methyl sites for hydroxylation is 2. The zero-order chi connectivity index (χ0) is 21.1. The Morgan fingerprint density at radius 1 is 1.20 bits per heavy atom. The van der Waals surface area contributed by atoms with E-state index in [0.717, 1.165) is 72.8 Å². The Balaban J connectivity index is 1.55. The smallest absolute Gasteiger partial charge is 0.252 e. The van der Waals surface area contributed by atoms with Crippen molar-refractivity contribution in [3.05, 3.63) is 47.3 Å². The minimum Gasteiger partial charge on any atom is -0.379 e. The number of morpholine rings is 1. The van der Waals surface area contributed by atoms with Crippen molar-refractivity contribution < 1.29 is 9.53 Å². The fraction of sp³-hybridized carbons (Fsp3) is 0.435. The Morgan fingerprint density at radius 3 is 2.70 bits per heavy atom. The Hall–Kier alpha value is -2.77. The molecular formula is C23H29N5O2. The predicted octanol–water partition coefficient (Wildman–Crippen LogP) is 2.70. The van der Waals surface area contributed by atoms with Crippen molar-refractivity contribution in [2.24, 2.45) is 7.05 Å². The van der Waals surface area contributed by atoms with E-state index in [1.54, 1.807) is 0 Å². The first-order valence-electron chi connectivity index (χ1n) is 10.5. The second-order valence-corrected chi connectivity index (χ2v) is 7.81. The molecule has 7 heteroatoms. The number of hydrogen-bond acceptors (Lipinski definition) is 5. The highest BCUT2D eigenvalue weighted by molar-refractivity contribution is 6.07. The monoisotopic (exact) mass is 407 g/mol. The number of benzene rings is 1. The highest BCUT2D eigenvalue weighted by Crippen LogP contribution is 2.29. The third kappa shape index (κ3) is 4.22. The number of para-hydroxylation sites is 1. The van der Waals surface area contributed by atoms with E-state index in [-0.39, 0.29) is 5.91 Å². The first-order chi connectivity index (χ1) is 14.5. The van der Waals surface area contributed by atoms with Crippen LogP contribution in [-0.4, -0.2) is 65.0 Å². The minimum absolute atomic E-state index is 0.0592. The van der Waals surface area contributed by atoms with Gasteiger partial charge in [-0.25, -0.2) is 4.98 Å². The van der Waals surface area contributed by atoms with Gasteiger partial charge in [-0.3, -0.25) is 14.4 Å². The Morgan fingerprint density at radius 2 is 1.97 bits per heavy atom. The number of carbonyl (C=O) groups excluding carboxylic acids is 1. The molecule has 2 aromatic heterocycles. The summed E-state index contributed by atoms with van der Waals surface area (Å²) in [5.74, 6) is -0.0592. The first kappa shape index (κ1) is 20.5. The highest BCUT2D eigenvalue weighted by Gasteiger charge is 2.18. The molecular weight excluding hydrogens is 378 g/mol. The van der Waals surface area contributed by atoms with Gasteiger partial charge >= 0.3 is 0 Å². The lowest BCUT2D eigenvalue weighted by Gasteiger charge is -2.26. The Bertz CT molecular complexity index is 1050. The lowest BCUT2D eigenvalue weighted by atomic mass is 10.0. The van der Waals surface area contributed by atoms with E-state index in [4.69, 9.17) is 9.72 Å². The quantitative estimate of drug-likeness (QED) is 0.636. The zero-order valence-electron chi connectivity index (χ0n) is 17.9. The van der Waals surface area contributed by atoms with Crippen molar-refractivity contribution in [1.82, 2.24) is 25.0 Å². The molecule has 1 amide bonds. The molecule has 1 aromatic carbocycles. The minimum atomic E-state index is -0.0592. The average Bonchev–Trinajstić information content (AvgIpc) is 3.02. The summed E-state index contributed by atoms with van der Waals surface area (Å²) in [4.78, 5) is 20.3. The maximum absolute atomic E-state index is 13.1. The molecule has 1 aliphatic rings. The summed E-state index contributed by atoms with van der Waals surface area (Å²) >= 11 is 0. The molecule has 1 fully saturated rings. The van der Waals surface area contributed by atoms with Crippen LogP contribution in [0.15, 0.2) is 30.3 Å². The lowest BCUT2D eigenvalue weighted by molar-refractivity contribution is 0.0374. The summed E-state index contributed by atoms with van der Waals surface area (Å²) in [5, 5.41) is 8.47. The molecule has 1 N–H and O–H groups in total. The van der Waals surface area contributed by atoms with Crippen molar-refractivity contribution >= 4 is 16.8 Å². The largest absolute Gasteiger partial charge is 0.379 e. The number of ether oxygens (including phenoxy) is 1. The highest BCUT2D eigenvalue weighted by atomic mass is 16.5. The Kier molecular flexibility index (Phi) is 6.11. The van der Waals surface area contributed by atoms with Crippen LogP contribution >= 0.6 is 0 Å². The van der Waals surface area contributed by atoms with E-state index in [0.29, 0.717) is 12.1 Å². The van der Waals surface area contributed by atoms with Crippen molar-refractivity contribution in [2.45, 2.75) is 20.3 Å². The fourth-order valence-electron chi connectivity index (χ4n) is 4.06. The molecule has 1 aliphatic heterocycles. The second kappa shape index (κ2) is 8.93. The number of fused-ring (bicyclic) bond motifs is 1. The molecule has 0 bridgehead atoms. The molecule has 0 spiro atoms. The number of aromatic nitrogens is 3. The van der Waals surface area contributed by atoms with Crippen molar-refractivity contribution in [3.8, 4) is 11.3 Å². The molecule has 158 valence electrons. The van der Waals surface area contributed by atoms with Crippen LogP contribution < -0.4 is 5.32 Å². The van der Waals surface area contributed by atoms with Crippen LogP contribution in [0.3, 0.4) is 0 Å². The van der Waals surface area contributed by atoms with E-state index >= 15 is 0 Å². The summed E-state index contributed by atoms with van der Waals surface area (Å²) in [6, 6.07) is 9.70. The molecule has 0 unspecified atom stereocenters. The van der Waals surface area contributed by atoms with Gasteiger partial charge in [0.05, 0.1) is 35.7 Å². The molecule has 7 nitrogen and oxygen atoms in total. The number of hydrogen-bond donors (Lipinski definition) is 1. The summed E-state index contributed by atoms with van der Waals surface area (Å²) in [5.41, 5.74) is 5.20. The molecule has 0 atom stereocenters. The molecule has 3 heterocycles. The van der Waals surface area contributed by atoms with Gasteiger partial charge in [0, 0.05) is 43.3 Å². The predicted molar refractivity (Wildman–Crippen MR) is 118 cm³/mol. The molecule has 0 saturated carbocycles. The van der Waals surface area contributed by atoms with Gasteiger partial charge in [0.1, 0.15) is 0 Å². The average molecular weight is 408 g/mol. The van der Waals surface area contributed by atoms with Crippen molar-refractivity contribution in [2.75, 3.05) is 39.4 Å². The summed E-state index contributed by atoms with van der Waals surface area (Å²) < 4.78 is 7.24. The van der Waals surface area contributed by atoms with Crippen LogP contribution in [-0.2, 0) is 11.8 Å². The zero-order valence-corrected chi connectivity index (χ0v) is 17.9. The molecule has 4 rings (SSSR count). The third-order valence-corrected chi connectivity index (χ3v) is 5.77. The van der Waals surface area contributed by atoms with Gasteiger partial charge in [0.2, 0.25) is 0 Å². The summed E-state index contributed by atoms with van der Waals surface area (Å²) in [6.45, 7) is 9.15. The van der Waals surface area contributed by atoms with Crippen LogP contribution in [0.25, 0.3) is 22.2 Å². The normalized spacial score (nSPS) is 14.9. The van der Waals surface area contributed by atoms with Crippen LogP contribution in [0.4, 0.5) is 0 Å². The second-order valence-electron chi connectivity index (χ2n) is 7.81. The Labute approximate surface area is 177 Å². The van der Waals surface area contributed by atoms with Gasteiger partial charge in [0.15, 0.2) is 0 Å². The van der Waals surface area contributed by atoms with E-state index in [2.05, 4.69) is 15.3 Å². The lowest BCUT2D eigenvalue weighted by Crippen LogP contribution is -2.38. The topological polar surface area (TPSA) is 72.3 Å². The van der Waals surface area contributed by atoms with Crippen molar-refractivity contribution in [3.63, 3.8) is 0 Å². The fourth-order valence-corrected chi connectivity index (χ4v) is 4.06. The van der Waals surface area contributed by atoms with Crippen molar-refractivity contribution in [1.29, 1.82) is 0 Å². The summed E-state index contributed by atoms with van der Waals surface area (Å²) in [6.07, 6.45) is 0.919. The van der Waals surface area contributed by atoms with Crippen LogP contribution in [0.2, 0.25) is 0 Å². The molecule has 3 aromatic rings. The van der Waals surface area contributed by atoms with Gasteiger partial charge in [0.25, 0.3) is 5.91 Å². The maximum Gasteiger partial charge on any atom is 0.252 e. The number of nitrogens with one attached hydrogen (secondary N) is 1. The van der Waals surface area contributed by atoms with E-state index in [1.165, 1.54) is 0 Å². The first-order valence-corrected chi connectivity index (χ1v) is 10.5. The number of nitrogens with zero attached hydrogens (tertiary/aromatic N) is 4. The maximum atomic E-state index is 13.1. The van der Waals surface area contributed by atoms with Crippen LogP contribution in [0.5, 0.6) is 0 Å². The van der Waals surface area contributed by atoms with Crippen LogP contribution in [0, 0.1) is 13.8 Å². The summed E-state index contributed by atoms with van der Waals surface area (Å²) in [7, 11) is 1.93. The molecule has 0 aliphatic carbocycles. The standard InChI is InChI=1S/C23H29N5O2/c1-16-22(17(2)27(3)26-16)21-15-19(18-7-4-5-8-20(18)25-21)23(29)24-9-6-10-28-11-13-30-14-12-28/h4-5,7-8,15H,6,9-14H2,1-3H3,(H,24,29). The number of carbonyl (C=O) groups is 1.